The first-order valence-corrected chi connectivity index (χ1v) is 7.95. The van der Waals surface area contributed by atoms with Crippen LogP contribution in [-0.4, -0.2) is 47.0 Å². The second kappa shape index (κ2) is 8.50. The predicted octanol–water partition coefficient (Wildman–Crippen LogP) is 0.472. The van der Waals surface area contributed by atoms with Gasteiger partial charge in [0.1, 0.15) is 6.20 Å². The number of nitrogens with zero attached hydrogens (tertiary/aromatic N) is 3. The van der Waals surface area contributed by atoms with Gasteiger partial charge in [-0.15, -0.1) is 0 Å². The minimum Gasteiger partial charge on any atom is -0.364 e. The lowest BCUT2D eigenvalue weighted by atomic mass is 9.86. The van der Waals surface area contributed by atoms with E-state index in [9.17, 15) is 14.9 Å². The fourth-order valence-electron chi connectivity index (χ4n) is 2.66. The van der Waals surface area contributed by atoms with Crippen molar-refractivity contribution < 1.29 is 9.72 Å². The summed E-state index contributed by atoms with van der Waals surface area (Å²) in [6, 6.07) is 0.253. The standard InChI is InChI=1S/C14H23N7O3/c1-16-8-12(22)19-14-18-7-11(21(23)24)13(20-14)17-6-9-2-4-10(15)5-3-9/h7,9-10,16H,2-6,8,15H2,1H3,(H2,17,18,19,20,22)/t9-,10-. The zero-order valence-corrected chi connectivity index (χ0v) is 13.6. The van der Waals surface area contributed by atoms with Crippen LogP contribution in [0.25, 0.3) is 0 Å². The van der Waals surface area contributed by atoms with E-state index in [-0.39, 0.29) is 35.9 Å². The normalized spacial score (nSPS) is 20.4. The molecule has 10 heteroatoms. The second-order valence-electron chi connectivity index (χ2n) is 5.92. The molecule has 1 heterocycles. The van der Waals surface area contributed by atoms with Crippen LogP contribution < -0.4 is 21.7 Å². The lowest BCUT2D eigenvalue weighted by Gasteiger charge is -2.26. The van der Waals surface area contributed by atoms with E-state index in [1.807, 2.05) is 0 Å². The van der Waals surface area contributed by atoms with Crippen molar-refractivity contribution >= 4 is 23.4 Å². The Hall–Kier alpha value is -2.33. The average molecular weight is 337 g/mol. The summed E-state index contributed by atoms with van der Waals surface area (Å²) in [7, 11) is 1.64. The summed E-state index contributed by atoms with van der Waals surface area (Å²) in [6.07, 6.45) is 4.99. The predicted molar refractivity (Wildman–Crippen MR) is 89.7 cm³/mol. The van der Waals surface area contributed by atoms with Gasteiger partial charge in [0.2, 0.25) is 17.7 Å². The number of rotatable bonds is 7. The highest BCUT2D eigenvalue weighted by Gasteiger charge is 2.22. The van der Waals surface area contributed by atoms with Crippen molar-refractivity contribution in [2.24, 2.45) is 11.7 Å². The molecule has 132 valence electrons. The topological polar surface area (TPSA) is 148 Å². The SMILES string of the molecule is CNCC(=O)Nc1ncc([N+](=O)[O-])c(NC[C@H]2CC[C@H](N)CC2)n1. The minimum atomic E-state index is -0.543. The molecule has 1 saturated carbocycles. The Morgan fingerprint density at radius 2 is 2.12 bits per heavy atom. The van der Waals surface area contributed by atoms with E-state index in [4.69, 9.17) is 5.73 Å². The van der Waals surface area contributed by atoms with Gasteiger partial charge in [0.15, 0.2) is 0 Å². The third kappa shape index (κ3) is 5.10. The van der Waals surface area contributed by atoms with Crippen molar-refractivity contribution in [3.63, 3.8) is 0 Å². The minimum absolute atomic E-state index is 0.0361. The summed E-state index contributed by atoms with van der Waals surface area (Å²) < 4.78 is 0. The highest BCUT2D eigenvalue weighted by molar-refractivity contribution is 5.90. The molecule has 10 nitrogen and oxygen atoms in total. The Labute approximate surface area is 139 Å². The van der Waals surface area contributed by atoms with Crippen LogP contribution in [0.1, 0.15) is 25.7 Å². The van der Waals surface area contributed by atoms with E-state index in [1.165, 1.54) is 0 Å². The fraction of sp³-hybridized carbons (Fsp3) is 0.643. The summed E-state index contributed by atoms with van der Waals surface area (Å²) in [4.78, 5) is 30.0. The summed E-state index contributed by atoms with van der Waals surface area (Å²) in [5.74, 6) is 0.235. The van der Waals surface area contributed by atoms with Crippen molar-refractivity contribution in [1.82, 2.24) is 15.3 Å². The molecule has 24 heavy (non-hydrogen) atoms. The number of nitro groups is 1. The largest absolute Gasteiger partial charge is 0.364 e. The highest BCUT2D eigenvalue weighted by atomic mass is 16.6. The monoisotopic (exact) mass is 337 g/mol. The van der Waals surface area contributed by atoms with E-state index in [2.05, 4.69) is 25.9 Å². The van der Waals surface area contributed by atoms with E-state index < -0.39 is 4.92 Å². The number of aromatic nitrogens is 2. The van der Waals surface area contributed by atoms with Gasteiger partial charge in [-0.3, -0.25) is 20.2 Å². The summed E-state index contributed by atoms with van der Waals surface area (Å²) in [6.45, 7) is 0.680. The molecule has 0 aromatic carbocycles. The Balaban J connectivity index is 2.04. The van der Waals surface area contributed by atoms with Gasteiger partial charge in [-0.2, -0.15) is 4.98 Å². The Kier molecular flexibility index (Phi) is 6.38. The first-order valence-electron chi connectivity index (χ1n) is 7.95. The molecule has 1 fully saturated rings. The number of hydrogen-bond donors (Lipinski definition) is 4. The van der Waals surface area contributed by atoms with Gasteiger partial charge >= 0.3 is 5.69 Å². The first kappa shape index (κ1) is 18.0. The number of hydrogen-bond acceptors (Lipinski definition) is 8. The van der Waals surface area contributed by atoms with Crippen LogP contribution in [0, 0.1) is 16.0 Å². The third-order valence-electron chi connectivity index (χ3n) is 4.00. The average Bonchev–Trinajstić information content (AvgIpc) is 2.54. The van der Waals surface area contributed by atoms with Crippen LogP contribution in [0.4, 0.5) is 17.5 Å². The molecular formula is C14H23N7O3. The third-order valence-corrected chi connectivity index (χ3v) is 4.00. The van der Waals surface area contributed by atoms with Crippen molar-refractivity contribution in [3.8, 4) is 0 Å². The van der Waals surface area contributed by atoms with Gasteiger partial charge in [0, 0.05) is 12.6 Å². The van der Waals surface area contributed by atoms with Crippen molar-refractivity contribution in [3.05, 3.63) is 16.3 Å². The van der Waals surface area contributed by atoms with E-state index in [0.29, 0.717) is 12.5 Å². The molecule has 0 radical (unpaired) electrons. The molecular weight excluding hydrogens is 314 g/mol. The molecule has 5 N–H and O–H groups in total. The molecule has 2 rings (SSSR count). The Bertz CT molecular complexity index is 588. The van der Waals surface area contributed by atoms with Gasteiger partial charge in [0.05, 0.1) is 11.5 Å². The van der Waals surface area contributed by atoms with Gasteiger partial charge in [-0.05, 0) is 38.6 Å². The molecule has 0 spiro atoms. The smallest absolute Gasteiger partial charge is 0.329 e. The summed E-state index contributed by atoms with van der Waals surface area (Å²) in [5.41, 5.74) is 5.67. The zero-order valence-electron chi connectivity index (χ0n) is 13.6. The maximum absolute atomic E-state index is 11.6. The number of carbonyl (C=O) groups excluding carboxylic acids is 1. The zero-order chi connectivity index (χ0) is 17.5. The van der Waals surface area contributed by atoms with E-state index >= 15 is 0 Å². The molecule has 1 amide bonds. The van der Waals surface area contributed by atoms with Crippen LogP contribution >= 0.6 is 0 Å². The molecule has 1 aromatic heterocycles. The van der Waals surface area contributed by atoms with E-state index in [0.717, 1.165) is 31.9 Å². The molecule has 1 aromatic rings. The summed E-state index contributed by atoms with van der Waals surface area (Å²) >= 11 is 0. The fourth-order valence-corrected chi connectivity index (χ4v) is 2.66. The van der Waals surface area contributed by atoms with E-state index in [1.54, 1.807) is 7.05 Å². The molecule has 0 unspecified atom stereocenters. The van der Waals surface area contributed by atoms with Gasteiger partial charge < -0.3 is 16.4 Å². The van der Waals surface area contributed by atoms with Gasteiger partial charge in [-0.1, -0.05) is 0 Å². The maximum Gasteiger partial charge on any atom is 0.329 e. The number of nitrogens with two attached hydrogens (primary N) is 1. The summed E-state index contributed by atoms with van der Waals surface area (Å²) in [5, 5.41) is 19.3. The van der Waals surface area contributed by atoms with Crippen molar-refractivity contribution in [1.29, 1.82) is 0 Å². The van der Waals surface area contributed by atoms with Crippen molar-refractivity contribution in [2.75, 3.05) is 30.8 Å². The number of carbonyl (C=O) groups is 1. The number of amides is 1. The molecule has 0 atom stereocenters. The van der Waals surface area contributed by atoms with Crippen LogP contribution in [0.3, 0.4) is 0 Å². The molecule has 0 bridgehead atoms. The number of likely N-dealkylation sites (N-methyl/N-ethyl adjacent to an activating group) is 1. The highest BCUT2D eigenvalue weighted by Crippen LogP contribution is 2.26. The second-order valence-corrected chi connectivity index (χ2v) is 5.92. The van der Waals surface area contributed by atoms with Crippen LogP contribution in [0.15, 0.2) is 6.20 Å². The maximum atomic E-state index is 11.6. The molecule has 1 aliphatic carbocycles. The van der Waals surface area contributed by atoms with Crippen LogP contribution in [0.2, 0.25) is 0 Å². The van der Waals surface area contributed by atoms with Crippen LogP contribution in [0.5, 0.6) is 0 Å². The Morgan fingerprint density at radius 3 is 2.75 bits per heavy atom. The van der Waals surface area contributed by atoms with Gasteiger partial charge in [0.25, 0.3) is 0 Å². The van der Waals surface area contributed by atoms with Crippen molar-refractivity contribution in [2.45, 2.75) is 31.7 Å². The first-order chi connectivity index (χ1) is 11.5. The number of nitrogens with one attached hydrogen (secondary N) is 3. The lowest BCUT2D eigenvalue weighted by molar-refractivity contribution is -0.384. The molecule has 0 aliphatic heterocycles. The lowest BCUT2D eigenvalue weighted by Crippen LogP contribution is -2.29. The Morgan fingerprint density at radius 1 is 1.42 bits per heavy atom. The van der Waals surface area contributed by atoms with Crippen LogP contribution in [-0.2, 0) is 4.79 Å². The van der Waals surface area contributed by atoms with Gasteiger partial charge in [-0.25, -0.2) is 4.98 Å². The molecule has 1 aliphatic rings. The molecule has 0 saturated heterocycles. The number of anilines is 2. The quantitative estimate of drug-likeness (QED) is 0.414.